The van der Waals surface area contributed by atoms with Gasteiger partial charge in [0.2, 0.25) is 0 Å². The molecule has 1 aromatic rings. The lowest BCUT2D eigenvalue weighted by Crippen LogP contribution is -2.46. The minimum absolute atomic E-state index is 0.0895. The summed E-state index contributed by atoms with van der Waals surface area (Å²) in [6.45, 7) is 0.879. The molecule has 1 fully saturated rings. The van der Waals surface area contributed by atoms with Crippen LogP contribution in [-0.4, -0.2) is 42.3 Å². The number of hydrogen-bond acceptors (Lipinski definition) is 3. The molecule has 1 atom stereocenters. The first-order valence-corrected chi connectivity index (χ1v) is 7.07. The first-order chi connectivity index (χ1) is 9.74. The number of nitrogens with zero attached hydrogens (tertiary/aromatic N) is 1. The fourth-order valence-electron chi connectivity index (χ4n) is 2.59. The summed E-state index contributed by atoms with van der Waals surface area (Å²) in [6.07, 6.45) is 3.77. The highest BCUT2D eigenvalue weighted by molar-refractivity contribution is 5.89. The van der Waals surface area contributed by atoms with Crippen LogP contribution in [0, 0.1) is 0 Å². The number of anilines is 1. The Labute approximate surface area is 119 Å². The molecule has 1 aromatic carbocycles. The van der Waals surface area contributed by atoms with Crippen LogP contribution in [0.1, 0.15) is 25.7 Å². The van der Waals surface area contributed by atoms with Crippen LogP contribution >= 0.6 is 0 Å². The van der Waals surface area contributed by atoms with Crippen molar-refractivity contribution in [3.63, 3.8) is 0 Å². The number of likely N-dealkylation sites (tertiary alicyclic amines) is 1. The fourth-order valence-corrected chi connectivity index (χ4v) is 2.59. The van der Waals surface area contributed by atoms with Crippen molar-refractivity contribution in [2.24, 2.45) is 0 Å². The van der Waals surface area contributed by atoms with Gasteiger partial charge in [-0.2, -0.15) is 0 Å². The number of rotatable bonds is 4. The van der Waals surface area contributed by atoms with Crippen molar-refractivity contribution in [1.82, 2.24) is 4.90 Å². The summed E-state index contributed by atoms with van der Waals surface area (Å²) in [5, 5.41) is 12.0. The van der Waals surface area contributed by atoms with Crippen LogP contribution in [0.2, 0.25) is 0 Å². The zero-order valence-electron chi connectivity index (χ0n) is 11.8. The molecule has 1 heterocycles. The Kier molecular flexibility index (Phi) is 5.24. The van der Waals surface area contributed by atoms with E-state index in [9.17, 15) is 4.79 Å². The third-order valence-electron chi connectivity index (χ3n) is 3.69. The standard InChI is InChI=1S/C15H22N2O3/c1-20-14-7-5-12(6-8-14)16-15(19)17-10-3-2-4-13(17)9-11-18/h5-8,13,18H,2-4,9-11H2,1H3,(H,16,19). The maximum absolute atomic E-state index is 12.3. The van der Waals surface area contributed by atoms with E-state index in [0.29, 0.717) is 6.42 Å². The molecular weight excluding hydrogens is 256 g/mol. The number of hydrogen-bond donors (Lipinski definition) is 2. The SMILES string of the molecule is COc1ccc(NC(=O)N2CCCCC2CCO)cc1. The van der Waals surface area contributed by atoms with E-state index in [0.717, 1.165) is 37.2 Å². The molecular formula is C15H22N2O3. The summed E-state index contributed by atoms with van der Waals surface area (Å²) >= 11 is 0. The van der Waals surface area contributed by atoms with Crippen molar-refractivity contribution in [3.05, 3.63) is 24.3 Å². The molecule has 5 heteroatoms. The van der Waals surface area contributed by atoms with Gasteiger partial charge in [-0.25, -0.2) is 4.79 Å². The maximum Gasteiger partial charge on any atom is 0.322 e. The zero-order chi connectivity index (χ0) is 14.4. The quantitative estimate of drug-likeness (QED) is 0.889. The van der Waals surface area contributed by atoms with Crippen molar-refractivity contribution < 1.29 is 14.6 Å². The topological polar surface area (TPSA) is 61.8 Å². The van der Waals surface area contributed by atoms with Crippen molar-refractivity contribution in [2.45, 2.75) is 31.7 Å². The van der Waals surface area contributed by atoms with Gasteiger partial charge in [0, 0.05) is 24.9 Å². The first kappa shape index (κ1) is 14.7. The molecule has 1 aliphatic rings. The molecule has 0 aliphatic carbocycles. The van der Waals surface area contributed by atoms with Gasteiger partial charge < -0.3 is 20.1 Å². The average molecular weight is 278 g/mol. The normalized spacial score (nSPS) is 18.7. The second kappa shape index (κ2) is 7.14. The Bertz CT molecular complexity index is 431. The van der Waals surface area contributed by atoms with Gasteiger partial charge >= 0.3 is 6.03 Å². The summed E-state index contributed by atoms with van der Waals surface area (Å²) in [5.74, 6) is 0.763. The number of piperidine rings is 1. The summed E-state index contributed by atoms with van der Waals surface area (Å²) < 4.78 is 5.09. The molecule has 1 unspecified atom stereocenters. The molecule has 20 heavy (non-hydrogen) atoms. The zero-order valence-corrected chi connectivity index (χ0v) is 11.8. The highest BCUT2D eigenvalue weighted by Crippen LogP contribution is 2.21. The first-order valence-electron chi connectivity index (χ1n) is 7.07. The van der Waals surface area contributed by atoms with Crippen molar-refractivity contribution >= 4 is 11.7 Å². The Hall–Kier alpha value is -1.75. The Morgan fingerprint density at radius 2 is 2.15 bits per heavy atom. The number of methoxy groups -OCH3 is 1. The van der Waals surface area contributed by atoms with E-state index in [2.05, 4.69) is 5.32 Å². The van der Waals surface area contributed by atoms with E-state index >= 15 is 0 Å². The highest BCUT2D eigenvalue weighted by atomic mass is 16.5. The van der Waals surface area contributed by atoms with E-state index < -0.39 is 0 Å². The Balaban J connectivity index is 1.98. The van der Waals surface area contributed by atoms with Crippen LogP contribution in [0.25, 0.3) is 0 Å². The summed E-state index contributed by atoms with van der Waals surface area (Å²) in [4.78, 5) is 14.1. The third-order valence-corrected chi connectivity index (χ3v) is 3.69. The number of nitrogens with one attached hydrogen (secondary N) is 1. The van der Waals surface area contributed by atoms with E-state index in [1.807, 2.05) is 29.2 Å². The van der Waals surface area contributed by atoms with Gasteiger partial charge in [-0.3, -0.25) is 0 Å². The summed E-state index contributed by atoms with van der Waals surface area (Å²) in [6, 6.07) is 7.33. The predicted molar refractivity (Wildman–Crippen MR) is 78.1 cm³/mol. The van der Waals surface area contributed by atoms with E-state index in [1.165, 1.54) is 0 Å². The number of ether oxygens (including phenoxy) is 1. The molecule has 0 spiro atoms. The smallest absolute Gasteiger partial charge is 0.322 e. The largest absolute Gasteiger partial charge is 0.497 e. The van der Waals surface area contributed by atoms with Crippen LogP contribution in [-0.2, 0) is 0 Å². The molecule has 0 bridgehead atoms. The van der Waals surface area contributed by atoms with Gasteiger partial charge in [0.25, 0.3) is 0 Å². The van der Waals surface area contributed by atoms with Gasteiger partial charge in [-0.05, 0) is 49.9 Å². The van der Waals surface area contributed by atoms with Crippen molar-refractivity contribution in [2.75, 3.05) is 25.6 Å². The number of amides is 2. The molecule has 2 N–H and O–H groups in total. The van der Waals surface area contributed by atoms with Crippen LogP contribution in [0.5, 0.6) is 5.75 Å². The lowest BCUT2D eigenvalue weighted by Gasteiger charge is -2.35. The van der Waals surface area contributed by atoms with E-state index in [4.69, 9.17) is 9.84 Å². The molecule has 0 radical (unpaired) electrons. The minimum Gasteiger partial charge on any atom is -0.497 e. The van der Waals surface area contributed by atoms with Gasteiger partial charge in [-0.15, -0.1) is 0 Å². The second-order valence-electron chi connectivity index (χ2n) is 5.01. The molecule has 0 saturated carbocycles. The minimum atomic E-state index is -0.0895. The fraction of sp³-hybridized carbons (Fsp3) is 0.533. The number of urea groups is 1. The molecule has 1 aliphatic heterocycles. The summed E-state index contributed by atoms with van der Waals surface area (Å²) in [5.41, 5.74) is 0.754. The van der Waals surface area contributed by atoms with E-state index in [1.54, 1.807) is 7.11 Å². The molecule has 0 aromatic heterocycles. The van der Waals surface area contributed by atoms with Crippen LogP contribution < -0.4 is 10.1 Å². The van der Waals surface area contributed by atoms with Crippen LogP contribution in [0.3, 0.4) is 0 Å². The maximum atomic E-state index is 12.3. The van der Waals surface area contributed by atoms with E-state index in [-0.39, 0.29) is 18.7 Å². The average Bonchev–Trinajstić information content (AvgIpc) is 2.49. The van der Waals surface area contributed by atoms with Crippen LogP contribution in [0.15, 0.2) is 24.3 Å². The monoisotopic (exact) mass is 278 g/mol. The van der Waals surface area contributed by atoms with Gasteiger partial charge in [-0.1, -0.05) is 0 Å². The van der Waals surface area contributed by atoms with Gasteiger partial charge in [0.05, 0.1) is 7.11 Å². The number of carbonyl (C=O) groups excluding carboxylic acids is 1. The van der Waals surface area contributed by atoms with Gasteiger partial charge in [0.15, 0.2) is 0 Å². The second-order valence-corrected chi connectivity index (χ2v) is 5.01. The predicted octanol–water partition coefficient (Wildman–Crippen LogP) is 2.46. The van der Waals surface area contributed by atoms with Crippen molar-refractivity contribution in [3.8, 4) is 5.75 Å². The molecule has 5 nitrogen and oxygen atoms in total. The number of aliphatic hydroxyl groups excluding tert-OH is 1. The van der Waals surface area contributed by atoms with Crippen molar-refractivity contribution in [1.29, 1.82) is 0 Å². The van der Waals surface area contributed by atoms with Gasteiger partial charge in [0.1, 0.15) is 5.75 Å². The van der Waals surface area contributed by atoms with Crippen LogP contribution in [0.4, 0.5) is 10.5 Å². The molecule has 110 valence electrons. The number of carbonyl (C=O) groups is 1. The molecule has 2 amide bonds. The number of benzene rings is 1. The highest BCUT2D eigenvalue weighted by Gasteiger charge is 2.26. The lowest BCUT2D eigenvalue weighted by atomic mass is 10.0. The summed E-state index contributed by atoms with van der Waals surface area (Å²) in [7, 11) is 1.61. The number of aliphatic hydroxyl groups is 1. The molecule has 2 rings (SSSR count). The Morgan fingerprint density at radius 3 is 2.80 bits per heavy atom. The lowest BCUT2D eigenvalue weighted by molar-refractivity contribution is 0.141. The third kappa shape index (κ3) is 3.63. The molecule has 1 saturated heterocycles. The Morgan fingerprint density at radius 1 is 1.40 bits per heavy atom.